The molecule has 4 nitrogen and oxygen atoms in total. The maximum atomic E-state index is 11.7. The summed E-state index contributed by atoms with van der Waals surface area (Å²) in [7, 11) is 1.74. The number of para-hydroxylation sites is 1. The largest absolute Gasteiger partial charge is 0.493 e. The van der Waals surface area contributed by atoms with Gasteiger partial charge in [-0.2, -0.15) is 0 Å². The molecule has 0 bridgehead atoms. The van der Waals surface area contributed by atoms with Crippen LogP contribution >= 0.6 is 12.2 Å². The van der Waals surface area contributed by atoms with Gasteiger partial charge in [0.1, 0.15) is 5.75 Å². The first-order chi connectivity index (χ1) is 8.59. The molecule has 0 radical (unpaired) electrons. The number of hydrogen-bond acceptors (Lipinski definition) is 3. The molecule has 1 amide bonds. The van der Waals surface area contributed by atoms with Gasteiger partial charge in [0.15, 0.2) is 0 Å². The first-order valence-corrected chi connectivity index (χ1v) is 6.20. The number of nitrogens with two attached hydrogens (primary N) is 1. The van der Waals surface area contributed by atoms with Crippen molar-refractivity contribution in [2.75, 3.05) is 20.2 Å². The highest BCUT2D eigenvalue weighted by Gasteiger charge is 2.08. The first kappa shape index (κ1) is 14.4. The van der Waals surface area contributed by atoms with Crippen molar-refractivity contribution in [3.63, 3.8) is 0 Å². The van der Waals surface area contributed by atoms with E-state index >= 15 is 0 Å². The highest BCUT2D eigenvalue weighted by molar-refractivity contribution is 7.80. The molecule has 98 valence electrons. The van der Waals surface area contributed by atoms with Crippen molar-refractivity contribution in [1.29, 1.82) is 0 Å². The Kier molecular flexibility index (Phi) is 6.14. The monoisotopic (exact) mass is 266 g/mol. The Morgan fingerprint density at radius 3 is 2.61 bits per heavy atom. The zero-order chi connectivity index (χ0) is 13.4. The number of ether oxygens (including phenoxy) is 1. The Balaban J connectivity index is 2.22. The topological polar surface area (TPSA) is 55.6 Å². The van der Waals surface area contributed by atoms with Crippen LogP contribution < -0.4 is 10.5 Å². The summed E-state index contributed by atoms with van der Waals surface area (Å²) in [4.78, 5) is 13.8. The average Bonchev–Trinajstić information content (AvgIpc) is 2.37. The number of carbonyl (C=O) groups is 1. The SMILES string of the molecule is CN(CCC(N)=S)C(=O)CCOc1ccccc1. The number of amides is 1. The van der Waals surface area contributed by atoms with Gasteiger partial charge in [0.05, 0.1) is 18.0 Å². The highest BCUT2D eigenvalue weighted by Crippen LogP contribution is 2.08. The molecule has 1 aromatic carbocycles. The van der Waals surface area contributed by atoms with E-state index in [1.54, 1.807) is 11.9 Å². The summed E-state index contributed by atoms with van der Waals surface area (Å²) in [5, 5.41) is 0. The third-order valence-corrected chi connectivity index (χ3v) is 2.65. The number of hydrogen-bond donors (Lipinski definition) is 1. The molecule has 0 fully saturated rings. The normalized spacial score (nSPS) is 9.83. The molecular formula is C13H18N2O2S. The van der Waals surface area contributed by atoms with E-state index in [2.05, 4.69) is 0 Å². The van der Waals surface area contributed by atoms with E-state index in [0.717, 1.165) is 5.75 Å². The van der Waals surface area contributed by atoms with Crippen molar-refractivity contribution < 1.29 is 9.53 Å². The maximum Gasteiger partial charge on any atom is 0.225 e. The van der Waals surface area contributed by atoms with Crippen molar-refractivity contribution in [2.24, 2.45) is 5.73 Å². The van der Waals surface area contributed by atoms with Crippen LogP contribution in [0.2, 0.25) is 0 Å². The number of thiocarbonyl (C=S) groups is 1. The third-order valence-electron chi connectivity index (χ3n) is 2.45. The van der Waals surface area contributed by atoms with E-state index in [9.17, 15) is 4.79 Å². The molecule has 18 heavy (non-hydrogen) atoms. The van der Waals surface area contributed by atoms with Gasteiger partial charge in [-0.05, 0) is 12.1 Å². The lowest BCUT2D eigenvalue weighted by Crippen LogP contribution is -2.30. The van der Waals surface area contributed by atoms with Crippen molar-refractivity contribution >= 4 is 23.1 Å². The van der Waals surface area contributed by atoms with Crippen molar-refractivity contribution in [3.8, 4) is 5.75 Å². The molecule has 1 rings (SSSR count). The Labute approximate surface area is 113 Å². The van der Waals surface area contributed by atoms with Crippen LogP contribution in [-0.4, -0.2) is 36.0 Å². The summed E-state index contributed by atoms with van der Waals surface area (Å²) in [5.41, 5.74) is 5.39. The quantitative estimate of drug-likeness (QED) is 0.761. The lowest BCUT2D eigenvalue weighted by Gasteiger charge is -2.16. The number of benzene rings is 1. The number of carbonyl (C=O) groups excluding carboxylic acids is 1. The molecule has 0 spiro atoms. The highest BCUT2D eigenvalue weighted by atomic mass is 32.1. The van der Waals surface area contributed by atoms with Crippen LogP contribution in [0.1, 0.15) is 12.8 Å². The lowest BCUT2D eigenvalue weighted by atomic mass is 10.3. The molecule has 0 heterocycles. The summed E-state index contributed by atoms with van der Waals surface area (Å²) in [6.45, 7) is 0.930. The van der Waals surface area contributed by atoms with Crippen LogP contribution in [0.3, 0.4) is 0 Å². The fourth-order valence-corrected chi connectivity index (χ4v) is 1.46. The molecule has 1 aromatic rings. The van der Waals surface area contributed by atoms with Gasteiger partial charge in [-0.1, -0.05) is 30.4 Å². The fourth-order valence-electron chi connectivity index (χ4n) is 1.37. The fraction of sp³-hybridized carbons (Fsp3) is 0.385. The molecule has 2 N–H and O–H groups in total. The standard InChI is InChI=1S/C13H18N2O2S/c1-15(9-7-12(14)18)13(16)8-10-17-11-5-3-2-4-6-11/h2-6H,7-10H2,1H3,(H2,14,18). The number of nitrogens with zero attached hydrogens (tertiary/aromatic N) is 1. The first-order valence-electron chi connectivity index (χ1n) is 5.79. The van der Waals surface area contributed by atoms with Gasteiger partial charge in [-0.15, -0.1) is 0 Å². The van der Waals surface area contributed by atoms with Gasteiger partial charge in [-0.3, -0.25) is 4.79 Å². The van der Waals surface area contributed by atoms with Crippen LogP contribution in [0.5, 0.6) is 5.75 Å². The summed E-state index contributed by atoms with van der Waals surface area (Å²) >= 11 is 4.77. The predicted molar refractivity (Wildman–Crippen MR) is 75.6 cm³/mol. The second kappa shape index (κ2) is 7.66. The van der Waals surface area contributed by atoms with E-state index in [1.807, 2.05) is 30.3 Å². The molecule has 0 unspecified atom stereocenters. The second-order valence-electron chi connectivity index (χ2n) is 3.94. The van der Waals surface area contributed by atoms with Gasteiger partial charge >= 0.3 is 0 Å². The van der Waals surface area contributed by atoms with Crippen LogP contribution in [0.25, 0.3) is 0 Å². The summed E-state index contributed by atoms with van der Waals surface area (Å²) in [5.74, 6) is 0.804. The summed E-state index contributed by atoms with van der Waals surface area (Å²) in [6.07, 6.45) is 0.903. The van der Waals surface area contributed by atoms with Gasteiger partial charge in [0.2, 0.25) is 5.91 Å². The molecule has 0 saturated heterocycles. The maximum absolute atomic E-state index is 11.7. The van der Waals surface area contributed by atoms with E-state index in [0.29, 0.717) is 31.0 Å². The van der Waals surface area contributed by atoms with Gasteiger partial charge in [-0.25, -0.2) is 0 Å². The van der Waals surface area contributed by atoms with Gasteiger partial charge in [0, 0.05) is 20.0 Å². The Bertz CT molecular complexity index is 395. The third kappa shape index (κ3) is 5.63. The van der Waals surface area contributed by atoms with Crippen LogP contribution in [0, 0.1) is 0 Å². The Morgan fingerprint density at radius 1 is 1.33 bits per heavy atom. The van der Waals surface area contributed by atoms with Gasteiger partial charge < -0.3 is 15.4 Å². The lowest BCUT2D eigenvalue weighted by molar-refractivity contribution is -0.130. The smallest absolute Gasteiger partial charge is 0.225 e. The summed E-state index contributed by atoms with van der Waals surface area (Å²) in [6, 6.07) is 9.43. The van der Waals surface area contributed by atoms with E-state index in [-0.39, 0.29) is 5.91 Å². The summed E-state index contributed by atoms with van der Waals surface area (Å²) < 4.78 is 5.45. The molecular weight excluding hydrogens is 248 g/mol. The van der Waals surface area contributed by atoms with E-state index in [4.69, 9.17) is 22.7 Å². The molecule has 0 atom stereocenters. The van der Waals surface area contributed by atoms with Crippen LogP contribution in [0.15, 0.2) is 30.3 Å². The molecule has 0 saturated carbocycles. The minimum atomic E-state index is 0.0298. The van der Waals surface area contributed by atoms with Crippen LogP contribution in [-0.2, 0) is 4.79 Å². The molecule has 0 aliphatic carbocycles. The zero-order valence-electron chi connectivity index (χ0n) is 10.5. The Hall–Kier alpha value is -1.62. The van der Waals surface area contributed by atoms with Crippen LogP contribution in [0.4, 0.5) is 0 Å². The molecule has 0 aromatic heterocycles. The van der Waals surface area contributed by atoms with Crippen molar-refractivity contribution in [3.05, 3.63) is 30.3 Å². The molecule has 0 aliphatic heterocycles. The average molecular weight is 266 g/mol. The predicted octanol–water partition coefficient (Wildman–Crippen LogP) is 1.59. The van der Waals surface area contributed by atoms with E-state index in [1.165, 1.54) is 0 Å². The van der Waals surface area contributed by atoms with Crippen molar-refractivity contribution in [1.82, 2.24) is 4.90 Å². The molecule has 5 heteroatoms. The Morgan fingerprint density at radius 2 is 2.00 bits per heavy atom. The molecule has 0 aliphatic rings. The minimum absolute atomic E-state index is 0.0298. The number of rotatable bonds is 7. The van der Waals surface area contributed by atoms with Crippen molar-refractivity contribution in [2.45, 2.75) is 12.8 Å². The second-order valence-corrected chi connectivity index (χ2v) is 4.47. The van der Waals surface area contributed by atoms with Gasteiger partial charge in [0.25, 0.3) is 0 Å². The minimum Gasteiger partial charge on any atom is -0.493 e. The van der Waals surface area contributed by atoms with E-state index < -0.39 is 0 Å². The zero-order valence-corrected chi connectivity index (χ0v) is 11.3.